The first-order valence-electron chi connectivity index (χ1n) is 9.17. The fourth-order valence-electron chi connectivity index (χ4n) is 2.71. The van der Waals surface area contributed by atoms with Crippen LogP contribution in [0.2, 0.25) is 5.02 Å². The van der Waals surface area contributed by atoms with E-state index >= 15 is 0 Å². The van der Waals surface area contributed by atoms with E-state index in [1.165, 1.54) is 11.8 Å². The Hall–Kier alpha value is -2.07. The number of hydrogen-bond donors (Lipinski definition) is 2. The minimum absolute atomic E-state index is 0.225. The number of hydrogen-bond acceptors (Lipinski definition) is 6. The fourth-order valence-corrected chi connectivity index (χ4v) is 4.51. The Morgan fingerprint density at radius 3 is 2.81 bits per heavy atom. The van der Waals surface area contributed by atoms with Gasteiger partial charge in [-0.15, -0.1) is 0 Å². The van der Waals surface area contributed by atoms with Crippen LogP contribution in [0.3, 0.4) is 0 Å². The van der Waals surface area contributed by atoms with Gasteiger partial charge in [-0.05, 0) is 71.2 Å². The summed E-state index contributed by atoms with van der Waals surface area (Å²) in [4.78, 5) is 24.8. The summed E-state index contributed by atoms with van der Waals surface area (Å²) >= 11 is 15.8. The van der Waals surface area contributed by atoms with Gasteiger partial charge in [-0.25, -0.2) is 0 Å². The minimum Gasteiger partial charge on any atom is -0.490 e. The first kappa shape index (κ1) is 23.6. The van der Waals surface area contributed by atoms with Crippen molar-refractivity contribution in [3.63, 3.8) is 0 Å². The molecule has 1 fully saturated rings. The highest BCUT2D eigenvalue weighted by atomic mass is 79.9. The lowest BCUT2D eigenvalue weighted by atomic mass is 10.2. The predicted molar refractivity (Wildman–Crippen MR) is 132 cm³/mol. The maximum Gasteiger partial charge on any atom is 0.263 e. The van der Waals surface area contributed by atoms with Crippen molar-refractivity contribution in [1.29, 1.82) is 0 Å². The van der Waals surface area contributed by atoms with Gasteiger partial charge in [-0.1, -0.05) is 41.6 Å². The number of thiocarbonyl (C=S) groups is 1. The van der Waals surface area contributed by atoms with E-state index in [4.69, 9.17) is 33.3 Å². The van der Waals surface area contributed by atoms with Crippen molar-refractivity contribution >= 4 is 79.4 Å². The number of benzene rings is 2. The molecule has 1 heterocycles. The lowest BCUT2D eigenvalue weighted by Gasteiger charge is -2.15. The van der Waals surface area contributed by atoms with Gasteiger partial charge >= 0.3 is 0 Å². The molecule has 0 atom stereocenters. The molecule has 31 heavy (non-hydrogen) atoms. The van der Waals surface area contributed by atoms with Gasteiger partial charge in [0.25, 0.3) is 11.8 Å². The van der Waals surface area contributed by atoms with Crippen molar-refractivity contribution in [2.24, 2.45) is 0 Å². The Morgan fingerprint density at radius 2 is 2.13 bits per heavy atom. The molecule has 10 heteroatoms. The van der Waals surface area contributed by atoms with E-state index in [1.54, 1.807) is 36.4 Å². The summed E-state index contributed by atoms with van der Waals surface area (Å²) in [5.74, 6) is 0.262. The Balaban J connectivity index is 1.76. The van der Waals surface area contributed by atoms with Gasteiger partial charge in [0.1, 0.15) is 4.32 Å². The van der Waals surface area contributed by atoms with Crippen LogP contribution in [0.5, 0.6) is 11.5 Å². The normalized spacial score (nSPS) is 14.5. The van der Waals surface area contributed by atoms with E-state index in [9.17, 15) is 9.59 Å². The van der Waals surface area contributed by atoms with Crippen LogP contribution in [-0.4, -0.2) is 29.3 Å². The SMILES string of the molecule is CCOc1cc(/C=C2\SC(=S)NC2=O)cc(Br)c1OCC(=O)Nc1cccc(Cl)c1C. The zero-order valence-corrected chi connectivity index (χ0v) is 20.6. The lowest BCUT2D eigenvalue weighted by Crippen LogP contribution is -2.21. The molecule has 0 radical (unpaired) electrons. The van der Waals surface area contributed by atoms with Gasteiger partial charge in [-0.3, -0.25) is 9.59 Å². The maximum atomic E-state index is 12.4. The molecule has 2 aromatic rings. The van der Waals surface area contributed by atoms with Gasteiger partial charge in [0.15, 0.2) is 18.1 Å². The molecule has 1 saturated heterocycles. The van der Waals surface area contributed by atoms with Gasteiger partial charge in [0.2, 0.25) is 0 Å². The van der Waals surface area contributed by atoms with Crippen LogP contribution >= 0.6 is 51.5 Å². The van der Waals surface area contributed by atoms with Gasteiger partial charge in [-0.2, -0.15) is 0 Å². The van der Waals surface area contributed by atoms with Crippen molar-refractivity contribution in [3.8, 4) is 11.5 Å². The first-order valence-corrected chi connectivity index (χ1v) is 11.6. The molecule has 0 aliphatic carbocycles. The molecule has 2 aromatic carbocycles. The van der Waals surface area contributed by atoms with Crippen LogP contribution < -0.4 is 20.1 Å². The topological polar surface area (TPSA) is 76.7 Å². The summed E-state index contributed by atoms with van der Waals surface area (Å²) < 4.78 is 12.4. The molecule has 6 nitrogen and oxygen atoms in total. The third kappa shape index (κ3) is 6.00. The molecule has 0 saturated carbocycles. The largest absolute Gasteiger partial charge is 0.490 e. The molecule has 0 spiro atoms. The molecule has 0 unspecified atom stereocenters. The average Bonchev–Trinajstić information content (AvgIpc) is 3.02. The molecule has 1 aliphatic heterocycles. The number of nitrogens with one attached hydrogen (secondary N) is 2. The molecule has 2 N–H and O–H groups in total. The van der Waals surface area contributed by atoms with E-state index in [2.05, 4.69) is 26.6 Å². The van der Waals surface area contributed by atoms with Crippen LogP contribution in [-0.2, 0) is 9.59 Å². The van der Waals surface area contributed by atoms with E-state index < -0.39 is 0 Å². The van der Waals surface area contributed by atoms with E-state index in [-0.39, 0.29) is 18.4 Å². The third-order valence-corrected chi connectivity index (χ3v) is 6.32. The molecule has 0 bridgehead atoms. The molecule has 3 rings (SSSR count). The zero-order chi connectivity index (χ0) is 22.5. The van der Waals surface area contributed by atoms with Crippen molar-refractivity contribution in [2.75, 3.05) is 18.5 Å². The van der Waals surface area contributed by atoms with Crippen molar-refractivity contribution in [1.82, 2.24) is 5.32 Å². The van der Waals surface area contributed by atoms with Crippen molar-refractivity contribution < 1.29 is 19.1 Å². The van der Waals surface area contributed by atoms with Gasteiger partial charge < -0.3 is 20.1 Å². The summed E-state index contributed by atoms with van der Waals surface area (Å²) in [7, 11) is 0. The first-order chi connectivity index (χ1) is 14.8. The van der Waals surface area contributed by atoms with Crippen molar-refractivity contribution in [2.45, 2.75) is 13.8 Å². The summed E-state index contributed by atoms with van der Waals surface area (Å²) in [6.07, 6.45) is 1.71. The van der Waals surface area contributed by atoms with Crippen LogP contribution in [0.1, 0.15) is 18.1 Å². The number of carbonyl (C=O) groups excluding carboxylic acids is 2. The minimum atomic E-state index is -0.335. The Labute approximate surface area is 202 Å². The highest BCUT2D eigenvalue weighted by molar-refractivity contribution is 9.10. The second-order valence-electron chi connectivity index (χ2n) is 6.36. The summed E-state index contributed by atoms with van der Waals surface area (Å²) in [5, 5.41) is 5.94. The third-order valence-electron chi connectivity index (χ3n) is 4.16. The molecular formula is C21H18BrClN2O4S2. The highest BCUT2D eigenvalue weighted by Gasteiger charge is 2.22. The number of anilines is 1. The quantitative estimate of drug-likeness (QED) is 0.365. The fraction of sp³-hybridized carbons (Fsp3) is 0.190. The summed E-state index contributed by atoms with van der Waals surface area (Å²) in [6, 6.07) is 8.81. The number of ether oxygens (including phenoxy) is 2. The Kier molecular flexibility index (Phi) is 7.99. The second-order valence-corrected chi connectivity index (χ2v) is 9.34. The number of rotatable bonds is 7. The Bertz CT molecular complexity index is 1090. The molecule has 0 aromatic heterocycles. The smallest absolute Gasteiger partial charge is 0.263 e. The number of thioether (sulfide) groups is 1. The monoisotopic (exact) mass is 540 g/mol. The van der Waals surface area contributed by atoms with Gasteiger partial charge in [0, 0.05) is 10.7 Å². The number of halogens is 2. The number of amides is 2. The second kappa shape index (κ2) is 10.5. The van der Waals surface area contributed by atoms with Gasteiger partial charge in [0.05, 0.1) is 16.0 Å². The van der Waals surface area contributed by atoms with Crippen LogP contribution in [0, 0.1) is 6.92 Å². The van der Waals surface area contributed by atoms with Crippen molar-refractivity contribution in [3.05, 3.63) is 55.9 Å². The summed E-state index contributed by atoms with van der Waals surface area (Å²) in [6.45, 7) is 3.84. The average molecular weight is 542 g/mol. The lowest BCUT2D eigenvalue weighted by molar-refractivity contribution is -0.118. The van der Waals surface area contributed by atoms with Crippen LogP contribution in [0.25, 0.3) is 6.08 Å². The maximum absolute atomic E-state index is 12.4. The molecular weight excluding hydrogens is 524 g/mol. The zero-order valence-electron chi connectivity index (χ0n) is 16.6. The predicted octanol–water partition coefficient (Wildman–Crippen LogP) is 5.32. The highest BCUT2D eigenvalue weighted by Crippen LogP contribution is 2.38. The summed E-state index contributed by atoms with van der Waals surface area (Å²) in [5.41, 5.74) is 2.13. The molecule has 1 aliphatic rings. The van der Waals surface area contributed by atoms with Crippen LogP contribution in [0.15, 0.2) is 39.7 Å². The standard InChI is InChI=1S/C21H18BrClN2O4S2/c1-3-28-16-8-12(9-17-20(27)25-21(30)31-17)7-13(22)19(16)29-10-18(26)24-15-6-4-5-14(23)11(15)2/h4-9H,3,10H2,1-2H3,(H,24,26)(H,25,27,30)/b17-9-. The van der Waals surface area contributed by atoms with E-state index in [1.807, 2.05) is 13.8 Å². The van der Waals surface area contributed by atoms with Crippen LogP contribution in [0.4, 0.5) is 5.69 Å². The van der Waals surface area contributed by atoms with E-state index in [0.717, 1.165) is 11.1 Å². The molecule has 162 valence electrons. The number of carbonyl (C=O) groups is 2. The molecule has 2 amide bonds. The van der Waals surface area contributed by atoms with E-state index in [0.29, 0.717) is 42.5 Å². The Morgan fingerprint density at radius 1 is 1.35 bits per heavy atom.